The van der Waals surface area contributed by atoms with Crippen LogP contribution in [0.3, 0.4) is 0 Å². The van der Waals surface area contributed by atoms with Crippen LogP contribution < -0.4 is 11.1 Å². The zero-order valence-corrected chi connectivity index (χ0v) is 12.2. The van der Waals surface area contributed by atoms with Crippen LogP contribution in [0.25, 0.3) is 0 Å². The van der Waals surface area contributed by atoms with E-state index in [0.29, 0.717) is 18.3 Å². The lowest BCUT2D eigenvalue weighted by Crippen LogP contribution is -2.47. The summed E-state index contributed by atoms with van der Waals surface area (Å²) in [6.45, 7) is 4.42. The van der Waals surface area contributed by atoms with Crippen molar-refractivity contribution in [1.82, 2.24) is 5.32 Å². The molecular formula is C16H24N2O2. The summed E-state index contributed by atoms with van der Waals surface area (Å²) in [6, 6.07) is 6.53. The van der Waals surface area contributed by atoms with Crippen molar-refractivity contribution in [3.63, 3.8) is 0 Å². The zero-order chi connectivity index (χ0) is 14.7. The Morgan fingerprint density at radius 3 is 2.55 bits per heavy atom. The number of amides is 1. The molecule has 0 aromatic heterocycles. The summed E-state index contributed by atoms with van der Waals surface area (Å²) in [4.78, 5) is 12.1. The molecule has 1 fully saturated rings. The first-order valence-electron chi connectivity index (χ1n) is 7.31. The number of rotatable bonds is 4. The van der Waals surface area contributed by atoms with E-state index in [0.717, 1.165) is 12.0 Å². The molecule has 20 heavy (non-hydrogen) atoms. The molecule has 0 bridgehead atoms. The van der Waals surface area contributed by atoms with Crippen molar-refractivity contribution in [3.05, 3.63) is 29.8 Å². The molecule has 2 rings (SSSR count). The highest BCUT2D eigenvalue weighted by atomic mass is 16.3. The molecule has 0 radical (unpaired) electrons. The van der Waals surface area contributed by atoms with Crippen molar-refractivity contribution in [1.29, 1.82) is 0 Å². The lowest BCUT2D eigenvalue weighted by molar-refractivity contribution is -0.123. The molecule has 1 aliphatic carbocycles. The van der Waals surface area contributed by atoms with E-state index in [9.17, 15) is 9.90 Å². The van der Waals surface area contributed by atoms with Crippen LogP contribution in [0.1, 0.15) is 32.3 Å². The van der Waals surface area contributed by atoms with Gasteiger partial charge in [-0.15, -0.1) is 0 Å². The minimum absolute atomic E-state index is 0.0796. The van der Waals surface area contributed by atoms with Crippen molar-refractivity contribution in [2.45, 2.75) is 45.2 Å². The van der Waals surface area contributed by atoms with Gasteiger partial charge in [-0.2, -0.15) is 0 Å². The third-order valence-electron chi connectivity index (χ3n) is 4.52. The van der Waals surface area contributed by atoms with E-state index in [4.69, 9.17) is 5.73 Å². The van der Waals surface area contributed by atoms with Crippen LogP contribution in [-0.4, -0.2) is 23.1 Å². The van der Waals surface area contributed by atoms with Gasteiger partial charge in [0.05, 0.1) is 6.04 Å². The summed E-state index contributed by atoms with van der Waals surface area (Å²) in [6.07, 6.45) is 2.70. The Morgan fingerprint density at radius 2 is 2.00 bits per heavy atom. The molecule has 1 aliphatic rings. The number of nitrogens with one attached hydrogen (secondary N) is 1. The summed E-state index contributed by atoms with van der Waals surface area (Å²) in [7, 11) is 0. The maximum absolute atomic E-state index is 12.1. The quantitative estimate of drug-likeness (QED) is 0.785. The minimum Gasteiger partial charge on any atom is -0.508 e. The fourth-order valence-electron chi connectivity index (χ4n) is 2.84. The van der Waals surface area contributed by atoms with Crippen LogP contribution in [0, 0.1) is 11.8 Å². The predicted octanol–water partition coefficient (Wildman–Crippen LogP) is 1.81. The first kappa shape index (κ1) is 14.9. The van der Waals surface area contributed by atoms with Crippen molar-refractivity contribution in [2.24, 2.45) is 17.6 Å². The monoisotopic (exact) mass is 276 g/mol. The lowest BCUT2D eigenvalue weighted by Gasteiger charge is -2.22. The molecular weight excluding hydrogens is 252 g/mol. The number of carbonyl (C=O) groups excluding carboxylic acids is 1. The maximum atomic E-state index is 12.1. The highest BCUT2D eigenvalue weighted by Gasteiger charge is 2.31. The number of nitrogens with two attached hydrogens (primary N) is 1. The van der Waals surface area contributed by atoms with Crippen molar-refractivity contribution in [3.8, 4) is 5.75 Å². The second kappa shape index (κ2) is 6.27. The normalized spacial score (nSPS) is 27.2. The van der Waals surface area contributed by atoms with Gasteiger partial charge < -0.3 is 16.2 Å². The Balaban J connectivity index is 1.87. The van der Waals surface area contributed by atoms with Crippen molar-refractivity contribution in [2.75, 3.05) is 0 Å². The maximum Gasteiger partial charge on any atom is 0.237 e. The molecule has 1 aromatic rings. The number of aromatic hydroxyl groups is 1. The van der Waals surface area contributed by atoms with E-state index in [1.807, 2.05) is 0 Å². The van der Waals surface area contributed by atoms with Gasteiger partial charge in [-0.1, -0.05) is 26.0 Å². The van der Waals surface area contributed by atoms with Crippen LogP contribution in [0.15, 0.2) is 24.3 Å². The van der Waals surface area contributed by atoms with Gasteiger partial charge in [0.25, 0.3) is 0 Å². The van der Waals surface area contributed by atoms with Crippen LogP contribution in [0.5, 0.6) is 5.75 Å². The van der Waals surface area contributed by atoms with E-state index in [2.05, 4.69) is 19.2 Å². The second-order valence-corrected chi connectivity index (χ2v) is 6.01. The number of carbonyl (C=O) groups is 1. The molecule has 4 heteroatoms. The Morgan fingerprint density at radius 1 is 1.35 bits per heavy atom. The SMILES string of the molecule is CC1CCC(NC(=O)[C@@H](N)Cc2ccc(O)cc2)C1C. The largest absolute Gasteiger partial charge is 0.508 e. The highest BCUT2D eigenvalue weighted by Crippen LogP contribution is 2.31. The van der Waals surface area contributed by atoms with Gasteiger partial charge in [0, 0.05) is 6.04 Å². The smallest absolute Gasteiger partial charge is 0.237 e. The van der Waals surface area contributed by atoms with Gasteiger partial charge in [-0.05, 0) is 48.8 Å². The molecule has 110 valence electrons. The predicted molar refractivity (Wildman–Crippen MR) is 79.3 cm³/mol. The third-order valence-corrected chi connectivity index (χ3v) is 4.52. The number of phenolic OH excluding ortho intramolecular Hbond substituents is 1. The number of hydrogen-bond acceptors (Lipinski definition) is 3. The Hall–Kier alpha value is -1.55. The van der Waals surface area contributed by atoms with E-state index >= 15 is 0 Å². The Kier molecular flexibility index (Phi) is 4.65. The fourth-order valence-corrected chi connectivity index (χ4v) is 2.84. The molecule has 4 atom stereocenters. The van der Waals surface area contributed by atoms with Crippen LogP contribution >= 0.6 is 0 Å². The Labute approximate surface area is 120 Å². The molecule has 0 spiro atoms. The fraction of sp³-hybridized carbons (Fsp3) is 0.562. The van der Waals surface area contributed by atoms with Gasteiger partial charge in [-0.3, -0.25) is 4.79 Å². The van der Waals surface area contributed by atoms with Gasteiger partial charge in [-0.25, -0.2) is 0 Å². The first-order valence-corrected chi connectivity index (χ1v) is 7.31. The molecule has 4 N–H and O–H groups in total. The number of benzene rings is 1. The van der Waals surface area contributed by atoms with Crippen LogP contribution in [0.2, 0.25) is 0 Å². The van der Waals surface area contributed by atoms with Gasteiger partial charge in [0.15, 0.2) is 0 Å². The van der Waals surface area contributed by atoms with E-state index in [-0.39, 0.29) is 17.7 Å². The van der Waals surface area contributed by atoms with Crippen LogP contribution in [-0.2, 0) is 11.2 Å². The van der Waals surface area contributed by atoms with E-state index < -0.39 is 6.04 Å². The number of phenols is 1. The topological polar surface area (TPSA) is 75.4 Å². The van der Waals surface area contributed by atoms with Crippen molar-refractivity contribution < 1.29 is 9.90 Å². The molecule has 0 aliphatic heterocycles. The average molecular weight is 276 g/mol. The standard InChI is InChI=1S/C16H24N2O2/c1-10-3-8-15(11(10)2)18-16(20)14(17)9-12-4-6-13(19)7-5-12/h4-7,10-11,14-15,19H,3,8-9,17H2,1-2H3,(H,18,20)/t10?,11?,14-,15?/m0/s1. The second-order valence-electron chi connectivity index (χ2n) is 6.01. The summed E-state index contributed by atoms with van der Waals surface area (Å²) < 4.78 is 0. The molecule has 1 amide bonds. The summed E-state index contributed by atoms with van der Waals surface area (Å²) in [5, 5.41) is 12.3. The number of hydrogen-bond donors (Lipinski definition) is 3. The molecule has 0 saturated heterocycles. The first-order chi connectivity index (χ1) is 9.47. The zero-order valence-electron chi connectivity index (χ0n) is 12.2. The van der Waals surface area contributed by atoms with Crippen molar-refractivity contribution >= 4 is 5.91 Å². The summed E-state index contributed by atoms with van der Waals surface area (Å²) >= 11 is 0. The van der Waals surface area contributed by atoms with E-state index in [1.54, 1.807) is 24.3 Å². The highest BCUT2D eigenvalue weighted by molar-refractivity contribution is 5.82. The third kappa shape index (κ3) is 3.51. The molecule has 0 heterocycles. The van der Waals surface area contributed by atoms with Crippen LogP contribution in [0.4, 0.5) is 0 Å². The van der Waals surface area contributed by atoms with E-state index in [1.165, 1.54) is 6.42 Å². The van der Waals surface area contributed by atoms with Gasteiger partial charge in [0.1, 0.15) is 5.75 Å². The van der Waals surface area contributed by atoms with Gasteiger partial charge >= 0.3 is 0 Å². The summed E-state index contributed by atoms with van der Waals surface area (Å²) in [5.74, 6) is 1.32. The average Bonchev–Trinajstić information content (AvgIpc) is 2.73. The molecule has 1 saturated carbocycles. The summed E-state index contributed by atoms with van der Waals surface area (Å²) in [5.41, 5.74) is 6.93. The lowest BCUT2D eigenvalue weighted by atomic mass is 9.97. The molecule has 1 aromatic carbocycles. The molecule has 3 unspecified atom stereocenters. The molecule has 4 nitrogen and oxygen atoms in total. The van der Waals surface area contributed by atoms with Gasteiger partial charge in [0.2, 0.25) is 5.91 Å². The minimum atomic E-state index is -0.539. The Bertz CT molecular complexity index is 458.